The molecule has 166 valence electrons. The second kappa shape index (κ2) is 8.27. The number of anilines is 1. The molecule has 4 heterocycles. The number of carbonyl (C=O) groups is 2. The molecule has 1 fully saturated rings. The van der Waals surface area contributed by atoms with Gasteiger partial charge in [-0.3, -0.25) is 14.6 Å². The number of hydrogen-bond acceptors (Lipinski definition) is 4. The van der Waals surface area contributed by atoms with Crippen molar-refractivity contribution in [2.75, 3.05) is 37.6 Å². The second-order valence-corrected chi connectivity index (χ2v) is 8.54. The number of carboxylic acid groups (broad SMARTS) is 1. The molecule has 8 heteroatoms. The third kappa shape index (κ3) is 3.71. The van der Waals surface area contributed by atoms with Gasteiger partial charge in [0.15, 0.2) is 0 Å². The van der Waals surface area contributed by atoms with Gasteiger partial charge in [-0.2, -0.15) is 0 Å². The highest BCUT2D eigenvalue weighted by molar-refractivity contribution is 5.96. The molecule has 2 aromatic heterocycles. The van der Waals surface area contributed by atoms with Gasteiger partial charge in [-0.1, -0.05) is 30.3 Å². The number of aromatic nitrogens is 2. The van der Waals surface area contributed by atoms with E-state index < -0.39 is 6.09 Å². The fourth-order valence-corrected chi connectivity index (χ4v) is 4.82. The molecule has 8 nitrogen and oxygen atoms in total. The zero-order valence-electron chi connectivity index (χ0n) is 18.2. The third-order valence-corrected chi connectivity index (χ3v) is 6.63. The molecular weight excluding hydrogens is 406 g/mol. The zero-order valence-corrected chi connectivity index (χ0v) is 18.2. The highest BCUT2D eigenvalue weighted by Gasteiger charge is 2.29. The lowest BCUT2D eigenvalue weighted by Crippen LogP contribution is -2.51. The summed E-state index contributed by atoms with van der Waals surface area (Å²) in [6.07, 6.45) is 0.705. The molecule has 2 amide bonds. The largest absolute Gasteiger partial charge is 0.465 e. The summed E-state index contributed by atoms with van der Waals surface area (Å²) >= 11 is 0. The number of rotatable bonds is 4. The molecule has 0 atom stereocenters. The lowest BCUT2D eigenvalue weighted by atomic mass is 10.1. The molecule has 0 radical (unpaired) electrons. The third-order valence-electron chi connectivity index (χ3n) is 6.63. The Hall–Kier alpha value is -3.39. The smallest absolute Gasteiger partial charge is 0.407 e. The first kappa shape index (κ1) is 20.5. The minimum atomic E-state index is -0.895. The van der Waals surface area contributed by atoms with Crippen molar-refractivity contribution in [3.8, 4) is 0 Å². The van der Waals surface area contributed by atoms with Crippen LogP contribution < -0.4 is 4.90 Å². The number of carbonyl (C=O) groups excluding carboxylic acids is 1. The van der Waals surface area contributed by atoms with Crippen molar-refractivity contribution in [1.29, 1.82) is 0 Å². The molecule has 5 rings (SSSR count). The van der Waals surface area contributed by atoms with E-state index in [-0.39, 0.29) is 5.91 Å². The average Bonchev–Trinajstić information content (AvgIpc) is 3.09. The summed E-state index contributed by atoms with van der Waals surface area (Å²) in [6, 6.07) is 14.2. The Morgan fingerprint density at radius 2 is 1.88 bits per heavy atom. The maximum atomic E-state index is 12.9. The van der Waals surface area contributed by atoms with Crippen LogP contribution in [0.25, 0.3) is 11.0 Å². The van der Waals surface area contributed by atoms with Gasteiger partial charge in [-0.25, -0.2) is 9.78 Å². The highest BCUT2D eigenvalue weighted by Crippen LogP contribution is 2.31. The van der Waals surface area contributed by atoms with Crippen LogP contribution in [0.5, 0.6) is 0 Å². The van der Waals surface area contributed by atoms with Crippen LogP contribution in [0.15, 0.2) is 42.5 Å². The van der Waals surface area contributed by atoms with Crippen molar-refractivity contribution < 1.29 is 14.7 Å². The van der Waals surface area contributed by atoms with Gasteiger partial charge in [0, 0.05) is 56.3 Å². The highest BCUT2D eigenvalue weighted by atomic mass is 16.4. The minimum absolute atomic E-state index is 0.0622. The summed E-state index contributed by atoms with van der Waals surface area (Å²) in [6.45, 7) is 3.55. The number of hydrogen-bond donors (Lipinski definition) is 1. The van der Waals surface area contributed by atoms with Crippen molar-refractivity contribution in [1.82, 2.24) is 19.4 Å². The summed E-state index contributed by atoms with van der Waals surface area (Å²) in [7, 11) is 1.97. The van der Waals surface area contributed by atoms with Crippen LogP contribution >= 0.6 is 0 Å². The first-order valence-electron chi connectivity index (χ1n) is 11.0. The first-order chi connectivity index (χ1) is 15.5. The minimum Gasteiger partial charge on any atom is -0.465 e. The molecule has 32 heavy (non-hydrogen) atoms. The summed E-state index contributed by atoms with van der Waals surface area (Å²) in [5.41, 5.74) is 4.23. The quantitative estimate of drug-likeness (QED) is 0.684. The van der Waals surface area contributed by atoms with Crippen LogP contribution in [0.4, 0.5) is 10.6 Å². The summed E-state index contributed by atoms with van der Waals surface area (Å²) in [4.78, 5) is 34.6. The van der Waals surface area contributed by atoms with Gasteiger partial charge in [-0.15, -0.1) is 0 Å². The van der Waals surface area contributed by atoms with Gasteiger partial charge in [0.1, 0.15) is 11.5 Å². The van der Waals surface area contributed by atoms with E-state index in [2.05, 4.69) is 17.0 Å². The fraction of sp³-hybridized carbons (Fsp3) is 0.375. The second-order valence-electron chi connectivity index (χ2n) is 8.54. The molecule has 0 spiro atoms. The van der Waals surface area contributed by atoms with E-state index in [1.54, 1.807) is 4.90 Å². The Morgan fingerprint density at radius 1 is 1.06 bits per heavy atom. The van der Waals surface area contributed by atoms with Crippen molar-refractivity contribution in [3.63, 3.8) is 0 Å². The molecule has 1 N–H and O–H groups in total. The van der Waals surface area contributed by atoms with Crippen LogP contribution in [-0.2, 0) is 31.2 Å². The Balaban J connectivity index is 1.32. The van der Waals surface area contributed by atoms with Crippen LogP contribution in [0, 0.1) is 0 Å². The average molecular weight is 434 g/mol. The van der Waals surface area contributed by atoms with E-state index in [0.29, 0.717) is 38.4 Å². The van der Waals surface area contributed by atoms with Gasteiger partial charge in [0.2, 0.25) is 5.91 Å². The van der Waals surface area contributed by atoms with E-state index >= 15 is 0 Å². The Bertz CT molecular complexity index is 1170. The van der Waals surface area contributed by atoms with Crippen LogP contribution in [-0.4, -0.2) is 69.2 Å². The van der Waals surface area contributed by atoms with E-state index in [9.17, 15) is 14.7 Å². The number of aryl methyl sites for hydroxylation is 1. The molecule has 0 unspecified atom stereocenters. The van der Waals surface area contributed by atoms with Crippen molar-refractivity contribution in [2.24, 2.45) is 7.05 Å². The lowest BCUT2D eigenvalue weighted by Gasteiger charge is -2.33. The van der Waals surface area contributed by atoms with Crippen LogP contribution in [0.2, 0.25) is 0 Å². The maximum absolute atomic E-state index is 12.9. The number of piperazine rings is 1. The molecular formula is C24H27N5O3. The molecule has 2 aliphatic rings. The maximum Gasteiger partial charge on any atom is 0.407 e. The number of nitrogens with zero attached hydrogens (tertiary/aromatic N) is 5. The fourth-order valence-electron chi connectivity index (χ4n) is 4.82. The summed E-state index contributed by atoms with van der Waals surface area (Å²) in [5.74, 6) is 0.727. The standard InChI is InChI=1S/C24H27N5O3/c1-26-20-10-12-28(24(31)32)15-19(20)18-7-8-21(25-23(18)26)29-14-13-27(16-22(29)30)11-9-17-5-3-2-4-6-17/h2-8H,9-16H2,1H3,(H,31,32). The van der Waals surface area contributed by atoms with Crippen molar-refractivity contribution in [3.05, 3.63) is 59.3 Å². The van der Waals surface area contributed by atoms with Crippen LogP contribution in [0.3, 0.4) is 0 Å². The first-order valence-corrected chi connectivity index (χ1v) is 11.0. The predicted octanol–water partition coefficient (Wildman–Crippen LogP) is 2.50. The topological polar surface area (TPSA) is 81.9 Å². The molecule has 1 saturated heterocycles. The van der Waals surface area contributed by atoms with E-state index in [4.69, 9.17) is 4.98 Å². The van der Waals surface area contributed by atoms with Crippen molar-refractivity contribution in [2.45, 2.75) is 19.4 Å². The monoisotopic (exact) mass is 433 g/mol. The number of benzene rings is 1. The Labute approximate surface area is 186 Å². The molecule has 0 aliphatic carbocycles. The summed E-state index contributed by atoms with van der Waals surface area (Å²) in [5, 5.41) is 10.3. The Kier molecular flexibility index (Phi) is 5.30. The summed E-state index contributed by atoms with van der Waals surface area (Å²) < 4.78 is 2.05. The van der Waals surface area contributed by atoms with Gasteiger partial charge < -0.3 is 14.6 Å². The normalized spacial score (nSPS) is 17.1. The number of fused-ring (bicyclic) bond motifs is 3. The molecule has 2 aliphatic heterocycles. The SMILES string of the molecule is Cn1c2c(c3ccc(N4CCN(CCc5ccccc5)CC4=O)nc31)CN(C(=O)O)CC2. The van der Waals surface area contributed by atoms with Gasteiger partial charge in [0.05, 0.1) is 13.1 Å². The lowest BCUT2D eigenvalue weighted by molar-refractivity contribution is -0.121. The van der Waals surface area contributed by atoms with Crippen LogP contribution in [0.1, 0.15) is 16.8 Å². The molecule has 1 aromatic carbocycles. The molecule has 3 aromatic rings. The number of amides is 2. The van der Waals surface area contributed by atoms with E-state index in [0.717, 1.165) is 41.8 Å². The van der Waals surface area contributed by atoms with E-state index in [1.165, 1.54) is 10.5 Å². The van der Waals surface area contributed by atoms with Crippen molar-refractivity contribution >= 4 is 28.9 Å². The van der Waals surface area contributed by atoms with E-state index in [1.807, 2.05) is 41.9 Å². The predicted molar refractivity (Wildman–Crippen MR) is 122 cm³/mol. The molecule has 0 bridgehead atoms. The Morgan fingerprint density at radius 3 is 2.62 bits per heavy atom. The van der Waals surface area contributed by atoms with Gasteiger partial charge in [-0.05, 0) is 24.1 Å². The number of pyridine rings is 1. The van der Waals surface area contributed by atoms with Gasteiger partial charge >= 0.3 is 6.09 Å². The van der Waals surface area contributed by atoms with Gasteiger partial charge in [0.25, 0.3) is 0 Å². The zero-order chi connectivity index (χ0) is 22.2. The molecule has 0 saturated carbocycles.